The van der Waals surface area contributed by atoms with Gasteiger partial charge in [-0.25, -0.2) is 0 Å². The fourth-order valence-electron chi connectivity index (χ4n) is 2.25. The Morgan fingerprint density at radius 3 is 2.60 bits per heavy atom. The quantitative estimate of drug-likeness (QED) is 0.703. The third kappa shape index (κ3) is 1.44. The highest BCUT2D eigenvalue weighted by atomic mass is 16.5. The average Bonchev–Trinajstić information content (AvgIpc) is 2.36. The molecule has 1 aliphatic rings. The van der Waals surface area contributed by atoms with Gasteiger partial charge in [0.05, 0.1) is 7.11 Å². The summed E-state index contributed by atoms with van der Waals surface area (Å²) in [4.78, 5) is 12.0. The summed E-state index contributed by atoms with van der Waals surface area (Å²) in [5.74, 6) is 1.04. The molecule has 80 valence electrons. The third-order valence-corrected chi connectivity index (χ3v) is 3.11. The first-order valence-electron chi connectivity index (χ1n) is 5.18. The summed E-state index contributed by atoms with van der Waals surface area (Å²) in [6, 6.07) is 3.95. The fourth-order valence-corrected chi connectivity index (χ4v) is 2.25. The molecule has 1 aromatic carbocycles. The molecule has 1 aliphatic carbocycles. The summed E-state index contributed by atoms with van der Waals surface area (Å²) in [7, 11) is 1.64. The number of fused-ring (bicyclic) bond motifs is 1. The summed E-state index contributed by atoms with van der Waals surface area (Å²) in [6.45, 7) is 6.00. The molecule has 0 saturated carbocycles. The lowest BCUT2D eigenvalue weighted by Crippen LogP contribution is -2.18. The number of rotatable bonds is 1. The van der Waals surface area contributed by atoms with Crippen molar-refractivity contribution in [3.63, 3.8) is 0 Å². The summed E-state index contributed by atoms with van der Waals surface area (Å²) in [6.07, 6.45) is 0.839. The molecule has 0 radical (unpaired) electrons. The van der Waals surface area contributed by atoms with E-state index in [2.05, 4.69) is 6.07 Å². The minimum Gasteiger partial charge on any atom is -0.496 e. The lowest BCUT2D eigenvalue weighted by molar-refractivity contribution is 0.0863. The number of carbonyl (C=O) groups excluding carboxylic acids is 1. The zero-order valence-electron chi connectivity index (χ0n) is 9.68. The van der Waals surface area contributed by atoms with Crippen molar-refractivity contribution in [2.24, 2.45) is 5.41 Å². The van der Waals surface area contributed by atoms with Crippen LogP contribution in [0.4, 0.5) is 0 Å². The second-order valence-corrected chi connectivity index (χ2v) is 4.87. The van der Waals surface area contributed by atoms with Crippen LogP contribution in [0, 0.1) is 12.3 Å². The van der Waals surface area contributed by atoms with E-state index in [9.17, 15) is 4.79 Å². The molecule has 0 saturated heterocycles. The van der Waals surface area contributed by atoms with E-state index in [0.717, 1.165) is 28.9 Å². The molecule has 0 aromatic heterocycles. The smallest absolute Gasteiger partial charge is 0.169 e. The molecule has 0 heterocycles. The molecule has 0 amide bonds. The van der Waals surface area contributed by atoms with Crippen molar-refractivity contribution in [2.75, 3.05) is 7.11 Å². The van der Waals surface area contributed by atoms with Crippen LogP contribution >= 0.6 is 0 Å². The molecule has 0 atom stereocenters. The van der Waals surface area contributed by atoms with E-state index >= 15 is 0 Å². The number of benzene rings is 1. The maximum atomic E-state index is 12.0. The number of ether oxygens (including phenoxy) is 1. The Bertz CT molecular complexity index is 430. The molecule has 0 bridgehead atoms. The Morgan fingerprint density at radius 1 is 1.33 bits per heavy atom. The largest absolute Gasteiger partial charge is 0.496 e. The van der Waals surface area contributed by atoms with Gasteiger partial charge in [-0.15, -0.1) is 0 Å². The second kappa shape index (κ2) is 3.09. The number of Topliss-reactive ketones (excluding diaryl/α,β-unsaturated/α-hetero) is 1. The van der Waals surface area contributed by atoms with Crippen LogP contribution in [-0.2, 0) is 6.42 Å². The van der Waals surface area contributed by atoms with Crippen LogP contribution in [-0.4, -0.2) is 12.9 Å². The summed E-state index contributed by atoms with van der Waals surface area (Å²) in [5.41, 5.74) is 2.84. The van der Waals surface area contributed by atoms with Crippen LogP contribution in [0.2, 0.25) is 0 Å². The van der Waals surface area contributed by atoms with E-state index in [1.807, 2.05) is 26.8 Å². The minimum atomic E-state index is -0.249. The lowest BCUT2D eigenvalue weighted by Gasteiger charge is -2.12. The van der Waals surface area contributed by atoms with Gasteiger partial charge in [0.25, 0.3) is 0 Å². The van der Waals surface area contributed by atoms with E-state index in [1.54, 1.807) is 7.11 Å². The lowest BCUT2D eigenvalue weighted by atomic mass is 9.89. The molecular weight excluding hydrogens is 188 g/mol. The van der Waals surface area contributed by atoms with Crippen molar-refractivity contribution in [3.05, 3.63) is 28.8 Å². The minimum absolute atomic E-state index is 0.232. The maximum Gasteiger partial charge on any atom is 0.169 e. The Balaban J connectivity index is 2.57. The van der Waals surface area contributed by atoms with Gasteiger partial charge in [0, 0.05) is 11.0 Å². The van der Waals surface area contributed by atoms with Crippen LogP contribution < -0.4 is 4.74 Å². The topological polar surface area (TPSA) is 26.3 Å². The SMILES string of the molecule is COc1cc2c(cc1C)CC(C)(C)C2=O. The van der Waals surface area contributed by atoms with Crippen molar-refractivity contribution in [3.8, 4) is 5.75 Å². The van der Waals surface area contributed by atoms with Crippen LogP contribution in [0.25, 0.3) is 0 Å². The van der Waals surface area contributed by atoms with Gasteiger partial charge in [-0.3, -0.25) is 4.79 Å². The average molecular weight is 204 g/mol. The molecule has 0 N–H and O–H groups in total. The van der Waals surface area contributed by atoms with Gasteiger partial charge < -0.3 is 4.74 Å². The van der Waals surface area contributed by atoms with Gasteiger partial charge in [0.15, 0.2) is 5.78 Å². The first-order chi connectivity index (χ1) is 6.95. The first-order valence-corrected chi connectivity index (χ1v) is 5.18. The number of ketones is 1. The van der Waals surface area contributed by atoms with Gasteiger partial charge in [-0.1, -0.05) is 19.9 Å². The fraction of sp³-hybridized carbons (Fsp3) is 0.462. The first kappa shape index (κ1) is 10.2. The molecule has 2 rings (SSSR count). The van der Waals surface area contributed by atoms with Gasteiger partial charge in [0.1, 0.15) is 5.75 Å². The van der Waals surface area contributed by atoms with Crippen molar-refractivity contribution >= 4 is 5.78 Å². The Morgan fingerprint density at radius 2 is 2.00 bits per heavy atom. The molecule has 0 fully saturated rings. The Kier molecular flexibility index (Phi) is 2.10. The van der Waals surface area contributed by atoms with Gasteiger partial charge in [-0.05, 0) is 30.5 Å². The van der Waals surface area contributed by atoms with Crippen LogP contribution in [0.1, 0.15) is 35.3 Å². The second-order valence-electron chi connectivity index (χ2n) is 4.87. The van der Waals surface area contributed by atoms with E-state index in [1.165, 1.54) is 0 Å². The van der Waals surface area contributed by atoms with E-state index < -0.39 is 0 Å². The zero-order valence-corrected chi connectivity index (χ0v) is 9.68. The van der Waals surface area contributed by atoms with Crippen molar-refractivity contribution < 1.29 is 9.53 Å². The van der Waals surface area contributed by atoms with Gasteiger partial charge in [0.2, 0.25) is 0 Å². The van der Waals surface area contributed by atoms with Crippen molar-refractivity contribution in [1.29, 1.82) is 0 Å². The zero-order chi connectivity index (χ0) is 11.2. The molecule has 0 aliphatic heterocycles. The number of hydrogen-bond donors (Lipinski definition) is 0. The predicted octanol–water partition coefficient (Wildman–Crippen LogP) is 2.77. The molecule has 15 heavy (non-hydrogen) atoms. The normalized spacial score (nSPS) is 17.7. The number of aryl methyl sites for hydroxylation is 1. The number of carbonyl (C=O) groups is 1. The van der Waals surface area contributed by atoms with Crippen LogP contribution in [0.15, 0.2) is 12.1 Å². The molecule has 0 spiro atoms. The van der Waals surface area contributed by atoms with Crippen LogP contribution in [0.3, 0.4) is 0 Å². The van der Waals surface area contributed by atoms with Crippen molar-refractivity contribution in [2.45, 2.75) is 27.2 Å². The molecular formula is C13H16O2. The predicted molar refractivity (Wildman–Crippen MR) is 59.5 cm³/mol. The Labute approximate surface area is 90.3 Å². The molecule has 1 aromatic rings. The summed E-state index contributed by atoms with van der Waals surface area (Å²) < 4.78 is 5.23. The Hall–Kier alpha value is -1.31. The third-order valence-electron chi connectivity index (χ3n) is 3.11. The highest BCUT2D eigenvalue weighted by Gasteiger charge is 2.37. The highest BCUT2D eigenvalue weighted by molar-refractivity contribution is 6.04. The van der Waals surface area contributed by atoms with Crippen molar-refractivity contribution in [1.82, 2.24) is 0 Å². The van der Waals surface area contributed by atoms with E-state index in [0.29, 0.717) is 0 Å². The summed E-state index contributed by atoms with van der Waals surface area (Å²) in [5, 5.41) is 0. The summed E-state index contributed by atoms with van der Waals surface area (Å²) >= 11 is 0. The number of methoxy groups -OCH3 is 1. The van der Waals surface area contributed by atoms with E-state index in [4.69, 9.17) is 4.74 Å². The number of hydrogen-bond acceptors (Lipinski definition) is 2. The molecule has 0 unspecified atom stereocenters. The maximum absolute atomic E-state index is 12.0. The van der Waals surface area contributed by atoms with Crippen LogP contribution in [0.5, 0.6) is 5.75 Å². The standard InChI is InChI=1S/C13H16O2/c1-8-5-9-7-13(2,3)12(14)10(9)6-11(8)15-4/h5-6H,7H2,1-4H3. The van der Waals surface area contributed by atoms with Gasteiger partial charge in [-0.2, -0.15) is 0 Å². The molecule has 2 nitrogen and oxygen atoms in total. The highest BCUT2D eigenvalue weighted by Crippen LogP contribution is 2.38. The monoisotopic (exact) mass is 204 g/mol. The van der Waals surface area contributed by atoms with E-state index in [-0.39, 0.29) is 11.2 Å². The van der Waals surface area contributed by atoms with Gasteiger partial charge >= 0.3 is 0 Å². The molecule has 2 heteroatoms.